The fourth-order valence-corrected chi connectivity index (χ4v) is 3.50. The zero-order chi connectivity index (χ0) is 15.7. The smallest absolute Gasteiger partial charge is 0.279 e. The van der Waals surface area contributed by atoms with E-state index in [0.717, 1.165) is 30.9 Å². The number of hydrogen-bond donors (Lipinski definition) is 2. The summed E-state index contributed by atoms with van der Waals surface area (Å²) in [6.45, 7) is 6.77. The third kappa shape index (κ3) is 6.84. The van der Waals surface area contributed by atoms with Gasteiger partial charge in [0.25, 0.3) is 10.2 Å². The summed E-state index contributed by atoms with van der Waals surface area (Å²) in [5.74, 6) is 0.0828. The molecule has 0 aliphatic rings. The highest BCUT2D eigenvalue weighted by molar-refractivity contribution is 7.87. The molecule has 0 saturated carbocycles. The molecule has 1 unspecified atom stereocenters. The minimum absolute atomic E-state index is 0.0828. The van der Waals surface area contributed by atoms with Gasteiger partial charge in [0.2, 0.25) is 0 Å². The Labute approximate surface area is 132 Å². The topological polar surface area (TPSA) is 74.3 Å². The van der Waals surface area contributed by atoms with Crippen LogP contribution >= 0.6 is 11.3 Å². The van der Waals surface area contributed by atoms with Gasteiger partial charge in [0.1, 0.15) is 0 Å². The van der Waals surface area contributed by atoms with E-state index in [1.807, 2.05) is 12.3 Å². The second-order valence-electron chi connectivity index (χ2n) is 5.05. The standard InChI is InChI=1S/C13H26N4O2S2/c1-4-6-14-7-5-9-17(3)21(18,19)16-11-12(2)13-15-8-10-20-13/h8,10,12,14,16H,4-7,9,11H2,1-3H3. The number of rotatable bonds is 11. The Balaban J connectivity index is 2.31. The highest BCUT2D eigenvalue weighted by Gasteiger charge is 2.18. The molecule has 1 aromatic rings. The summed E-state index contributed by atoms with van der Waals surface area (Å²) < 4.78 is 28.2. The van der Waals surface area contributed by atoms with Crippen molar-refractivity contribution in [3.05, 3.63) is 16.6 Å². The Bertz CT molecular complexity index is 476. The van der Waals surface area contributed by atoms with E-state index in [0.29, 0.717) is 13.1 Å². The summed E-state index contributed by atoms with van der Waals surface area (Å²) in [7, 11) is -1.80. The lowest BCUT2D eigenvalue weighted by Crippen LogP contribution is -2.40. The molecule has 1 heterocycles. The predicted octanol–water partition coefficient (Wildman–Crippen LogP) is 1.40. The van der Waals surface area contributed by atoms with Crippen LogP contribution in [0.2, 0.25) is 0 Å². The molecule has 2 N–H and O–H groups in total. The molecule has 0 saturated heterocycles. The van der Waals surface area contributed by atoms with E-state index in [1.54, 1.807) is 24.6 Å². The van der Waals surface area contributed by atoms with Crippen LogP contribution in [0.15, 0.2) is 11.6 Å². The fourth-order valence-electron chi connectivity index (χ4n) is 1.75. The van der Waals surface area contributed by atoms with Gasteiger partial charge in [-0.15, -0.1) is 11.3 Å². The number of nitrogens with one attached hydrogen (secondary N) is 2. The molecule has 8 heteroatoms. The molecule has 0 fully saturated rings. The SMILES string of the molecule is CCCNCCCN(C)S(=O)(=O)NCC(C)c1nccs1. The molecule has 0 spiro atoms. The van der Waals surface area contributed by atoms with Gasteiger partial charge in [-0.25, -0.2) is 9.71 Å². The van der Waals surface area contributed by atoms with Gasteiger partial charge in [-0.1, -0.05) is 13.8 Å². The summed E-state index contributed by atoms with van der Waals surface area (Å²) in [5.41, 5.74) is 0. The van der Waals surface area contributed by atoms with Gasteiger partial charge in [0.05, 0.1) is 5.01 Å². The normalized spacial score (nSPS) is 13.7. The summed E-state index contributed by atoms with van der Waals surface area (Å²) in [5, 5.41) is 6.11. The highest BCUT2D eigenvalue weighted by atomic mass is 32.2. The minimum Gasteiger partial charge on any atom is -0.317 e. The van der Waals surface area contributed by atoms with Crippen molar-refractivity contribution in [2.75, 3.05) is 33.2 Å². The van der Waals surface area contributed by atoms with E-state index in [4.69, 9.17) is 0 Å². The first-order valence-electron chi connectivity index (χ1n) is 7.28. The van der Waals surface area contributed by atoms with Crippen LogP contribution in [-0.4, -0.2) is 50.9 Å². The Hall–Kier alpha value is -0.540. The molecule has 21 heavy (non-hydrogen) atoms. The monoisotopic (exact) mass is 334 g/mol. The van der Waals surface area contributed by atoms with E-state index >= 15 is 0 Å². The zero-order valence-electron chi connectivity index (χ0n) is 13.0. The van der Waals surface area contributed by atoms with Gasteiger partial charge in [-0.2, -0.15) is 12.7 Å². The minimum atomic E-state index is -3.41. The fraction of sp³-hybridized carbons (Fsp3) is 0.769. The third-order valence-corrected chi connectivity index (χ3v) is 5.65. The van der Waals surface area contributed by atoms with Crippen molar-refractivity contribution in [1.29, 1.82) is 0 Å². The lowest BCUT2D eigenvalue weighted by atomic mass is 10.2. The van der Waals surface area contributed by atoms with Gasteiger partial charge >= 0.3 is 0 Å². The van der Waals surface area contributed by atoms with Gasteiger partial charge in [-0.05, 0) is 25.9 Å². The summed E-state index contributed by atoms with van der Waals surface area (Å²) in [6, 6.07) is 0. The van der Waals surface area contributed by atoms with E-state index in [-0.39, 0.29) is 5.92 Å². The second kappa shape index (κ2) is 9.47. The quantitative estimate of drug-likeness (QED) is 0.600. The molecule has 6 nitrogen and oxygen atoms in total. The number of hydrogen-bond acceptors (Lipinski definition) is 5. The Morgan fingerprint density at radius 2 is 2.19 bits per heavy atom. The first-order chi connectivity index (χ1) is 9.97. The molecule has 0 aromatic carbocycles. The number of nitrogens with zero attached hydrogens (tertiary/aromatic N) is 2. The highest BCUT2D eigenvalue weighted by Crippen LogP contribution is 2.16. The Morgan fingerprint density at radius 1 is 1.43 bits per heavy atom. The molecule has 0 radical (unpaired) electrons. The molecule has 0 amide bonds. The molecule has 0 aliphatic carbocycles. The maximum atomic E-state index is 12.1. The molecule has 1 aromatic heterocycles. The van der Waals surface area contributed by atoms with Crippen LogP contribution in [-0.2, 0) is 10.2 Å². The predicted molar refractivity (Wildman–Crippen MR) is 87.9 cm³/mol. The van der Waals surface area contributed by atoms with E-state index in [1.165, 1.54) is 4.31 Å². The van der Waals surface area contributed by atoms with E-state index in [9.17, 15) is 8.42 Å². The van der Waals surface area contributed by atoms with Gasteiger partial charge < -0.3 is 5.32 Å². The van der Waals surface area contributed by atoms with Crippen LogP contribution in [0.1, 0.15) is 37.6 Å². The van der Waals surface area contributed by atoms with Gasteiger partial charge in [-0.3, -0.25) is 0 Å². The van der Waals surface area contributed by atoms with Crippen LogP contribution in [0.25, 0.3) is 0 Å². The first-order valence-corrected chi connectivity index (χ1v) is 9.60. The molecule has 0 bridgehead atoms. The van der Waals surface area contributed by atoms with Crippen molar-refractivity contribution in [2.24, 2.45) is 0 Å². The first kappa shape index (κ1) is 18.5. The van der Waals surface area contributed by atoms with Crippen molar-refractivity contribution >= 4 is 21.5 Å². The van der Waals surface area contributed by atoms with Crippen LogP contribution in [0.4, 0.5) is 0 Å². The molecular formula is C13H26N4O2S2. The average molecular weight is 335 g/mol. The van der Waals surface area contributed by atoms with Crippen molar-refractivity contribution < 1.29 is 8.42 Å². The largest absolute Gasteiger partial charge is 0.317 e. The van der Waals surface area contributed by atoms with Crippen molar-refractivity contribution in [3.8, 4) is 0 Å². The molecule has 1 rings (SSSR count). The zero-order valence-corrected chi connectivity index (χ0v) is 14.6. The maximum absolute atomic E-state index is 12.1. The Kier molecular flexibility index (Phi) is 8.35. The lowest BCUT2D eigenvalue weighted by molar-refractivity contribution is 0.443. The van der Waals surface area contributed by atoms with E-state index < -0.39 is 10.2 Å². The van der Waals surface area contributed by atoms with E-state index in [2.05, 4.69) is 21.9 Å². The maximum Gasteiger partial charge on any atom is 0.279 e. The van der Waals surface area contributed by atoms with Crippen LogP contribution in [0.5, 0.6) is 0 Å². The third-order valence-electron chi connectivity index (χ3n) is 3.11. The van der Waals surface area contributed by atoms with Crippen LogP contribution in [0.3, 0.4) is 0 Å². The summed E-state index contributed by atoms with van der Waals surface area (Å²) in [4.78, 5) is 4.20. The average Bonchev–Trinajstić information content (AvgIpc) is 2.98. The number of thiazole rings is 1. The van der Waals surface area contributed by atoms with Crippen LogP contribution < -0.4 is 10.0 Å². The van der Waals surface area contributed by atoms with Gasteiger partial charge in [0.15, 0.2) is 0 Å². The van der Waals surface area contributed by atoms with Crippen LogP contribution in [0, 0.1) is 0 Å². The molecule has 122 valence electrons. The molecular weight excluding hydrogens is 308 g/mol. The van der Waals surface area contributed by atoms with Crippen molar-refractivity contribution in [3.63, 3.8) is 0 Å². The van der Waals surface area contributed by atoms with Gasteiger partial charge in [0, 0.05) is 37.6 Å². The lowest BCUT2D eigenvalue weighted by Gasteiger charge is -2.19. The second-order valence-corrected chi connectivity index (χ2v) is 7.84. The summed E-state index contributed by atoms with van der Waals surface area (Å²) >= 11 is 1.54. The molecule has 0 aliphatic heterocycles. The Morgan fingerprint density at radius 3 is 2.81 bits per heavy atom. The molecule has 1 atom stereocenters. The van der Waals surface area contributed by atoms with Crippen molar-refractivity contribution in [1.82, 2.24) is 19.3 Å². The van der Waals surface area contributed by atoms with Crippen molar-refractivity contribution in [2.45, 2.75) is 32.6 Å². The summed E-state index contributed by atoms with van der Waals surface area (Å²) in [6.07, 6.45) is 3.63. The number of aromatic nitrogens is 1.